The van der Waals surface area contributed by atoms with Gasteiger partial charge in [-0.2, -0.15) is 0 Å². The minimum Gasteiger partial charge on any atom is -0.335 e. The molecular formula is C17H25NO. The van der Waals surface area contributed by atoms with Gasteiger partial charge in [-0.1, -0.05) is 44.9 Å². The number of benzene rings is 1. The maximum atomic E-state index is 12.2. The zero-order chi connectivity index (χ0) is 13.8. The second-order valence-corrected chi connectivity index (χ2v) is 5.35. The molecule has 3 rings (SSSR count). The number of carbonyl (C=O) groups excluding carboxylic acids is 1. The lowest BCUT2D eigenvalue weighted by Crippen LogP contribution is -2.42. The number of rotatable bonds is 1. The molecule has 1 amide bonds. The van der Waals surface area contributed by atoms with Crippen LogP contribution in [0.4, 0.5) is 0 Å². The Morgan fingerprint density at radius 3 is 2.53 bits per heavy atom. The Balaban J connectivity index is 0.000000637. The average molecular weight is 259 g/mol. The molecule has 0 spiro atoms. The molecule has 1 heterocycles. The third-order valence-electron chi connectivity index (χ3n) is 4.26. The fourth-order valence-electron chi connectivity index (χ4n) is 3.24. The van der Waals surface area contributed by atoms with E-state index in [9.17, 15) is 4.79 Å². The van der Waals surface area contributed by atoms with Crippen LogP contribution < -0.4 is 0 Å². The molecule has 0 unspecified atom stereocenters. The van der Waals surface area contributed by atoms with Gasteiger partial charge in [-0.3, -0.25) is 4.79 Å². The van der Waals surface area contributed by atoms with Crippen molar-refractivity contribution in [3.63, 3.8) is 0 Å². The molecule has 1 aromatic carbocycles. The van der Waals surface area contributed by atoms with Gasteiger partial charge in [0.25, 0.3) is 0 Å². The SMILES string of the molecule is CC.Cc1cccc2c1CC(=O)N(C1CCCC1)C2. The van der Waals surface area contributed by atoms with Gasteiger partial charge in [0.05, 0.1) is 6.42 Å². The highest BCUT2D eigenvalue weighted by molar-refractivity contribution is 5.81. The van der Waals surface area contributed by atoms with Crippen molar-refractivity contribution in [2.45, 2.75) is 65.5 Å². The summed E-state index contributed by atoms with van der Waals surface area (Å²) in [5.41, 5.74) is 3.89. The van der Waals surface area contributed by atoms with Crippen molar-refractivity contribution >= 4 is 5.91 Å². The highest BCUT2D eigenvalue weighted by Gasteiger charge is 2.30. The molecule has 1 aliphatic carbocycles. The first kappa shape index (κ1) is 14.1. The Labute approximate surface area is 116 Å². The van der Waals surface area contributed by atoms with E-state index in [1.807, 2.05) is 13.8 Å². The first-order valence-corrected chi connectivity index (χ1v) is 7.62. The number of aryl methyl sites for hydroxylation is 1. The van der Waals surface area contributed by atoms with Gasteiger partial charge in [0, 0.05) is 12.6 Å². The number of nitrogens with zero attached hydrogens (tertiary/aromatic N) is 1. The number of hydrogen-bond acceptors (Lipinski definition) is 1. The molecular weight excluding hydrogens is 234 g/mol. The van der Waals surface area contributed by atoms with E-state index >= 15 is 0 Å². The summed E-state index contributed by atoms with van der Waals surface area (Å²) >= 11 is 0. The summed E-state index contributed by atoms with van der Waals surface area (Å²) in [5, 5.41) is 0. The first-order valence-electron chi connectivity index (χ1n) is 7.62. The fraction of sp³-hybridized carbons (Fsp3) is 0.588. The monoisotopic (exact) mass is 259 g/mol. The third-order valence-corrected chi connectivity index (χ3v) is 4.26. The van der Waals surface area contributed by atoms with Crippen LogP contribution in [0.1, 0.15) is 56.2 Å². The van der Waals surface area contributed by atoms with Crippen molar-refractivity contribution < 1.29 is 4.79 Å². The predicted octanol–water partition coefficient (Wildman–Crippen LogP) is 3.85. The summed E-state index contributed by atoms with van der Waals surface area (Å²) in [4.78, 5) is 14.3. The van der Waals surface area contributed by atoms with E-state index in [1.165, 1.54) is 42.4 Å². The van der Waals surface area contributed by atoms with Gasteiger partial charge in [0.2, 0.25) is 5.91 Å². The molecule has 0 radical (unpaired) electrons. The summed E-state index contributed by atoms with van der Waals surface area (Å²) in [6.07, 6.45) is 5.59. The van der Waals surface area contributed by atoms with Gasteiger partial charge in [-0.15, -0.1) is 0 Å². The molecule has 2 aliphatic rings. The van der Waals surface area contributed by atoms with E-state index in [4.69, 9.17) is 0 Å². The maximum Gasteiger partial charge on any atom is 0.227 e. The molecule has 19 heavy (non-hydrogen) atoms. The summed E-state index contributed by atoms with van der Waals surface area (Å²) in [5.74, 6) is 0.332. The molecule has 0 saturated heterocycles. The second-order valence-electron chi connectivity index (χ2n) is 5.35. The van der Waals surface area contributed by atoms with E-state index in [0.717, 1.165) is 6.54 Å². The van der Waals surface area contributed by atoms with Crippen molar-refractivity contribution in [3.05, 3.63) is 34.9 Å². The van der Waals surface area contributed by atoms with Gasteiger partial charge in [0.15, 0.2) is 0 Å². The standard InChI is InChI=1S/C15H19NO.C2H6/c1-11-5-4-6-12-10-16(13-7-2-3-8-13)15(17)9-14(11)12;1-2/h4-6,13H,2-3,7-10H2,1H3;1-2H3. The average Bonchev–Trinajstić information content (AvgIpc) is 2.95. The highest BCUT2D eigenvalue weighted by Crippen LogP contribution is 2.30. The molecule has 0 N–H and O–H groups in total. The lowest BCUT2D eigenvalue weighted by atomic mass is 9.93. The molecule has 104 valence electrons. The lowest BCUT2D eigenvalue weighted by molar-refractivity contribution is -0.134. The predicted molar refractivity (Wildman–Crippen MR) is 79.0 cm³/mol. The van der Waals surface area contributed by atoms with Crippen molar-refractivity contribution in [3.8, 4) is 0 Å². The van der Waals surface area contributed by atoms with E-state index in [-0.39, 0.29) is 0 Å². The molecule has 0 aromatic heterocycles. The minimum atomic E-state index is 0.332. The van der Waals surface area contributed by atoms with Gasteiger partial charge in [-0.05, 0) is 36.5 Å². The van der Waals surface area contributed by atoms with Crippen LogP contribution in [-0.2, 0) is 17.8 Å². The van der Waals surface area contributed by atoms with E-state index < -0.39 is 0 Å². The lowest BCUT2D eigenvalue weighted by Gasteiger charge is -2.34. The topological polar surface area (TPSA) is 20.3 Å². The summed E-state index contributed by atoms with van der Waals surface area (Å²) in [6, 6.07) is 6.90. The van der Waals surface area contributed by atoms with Crippen LogP contribution in [0.3, 0.4) is 0 Å². The zero-order valence-corrected chi connectivity index (χ0v) is 12.4. The smallest absolute Gasteiger partial charge is 0.227 e. The minimum absolute atomic E-state index is 0.332. The number of amides is 1. The van der Waals surface area contributed by atoms with Gasteiger partial charge >= 0.3 is 0 Å². The highest BCUT2D eigenvalue weighted by atomic mass is 16.2. The van der Waals surface area contributed by atoms with Crippen molar-refractivity contribution in [1.29, 1.82) is 0 Å². The van der Waals surface area contributed by atoms with Crippen molar-refractivity contribution in [1.82, 2.24) is 4.90 Å². The van der Waals surface area contributed by atoms with Crippen LogP contribution in [0.15, 0.2) is 18.2 Å². The van der Waals surface area contributed by atoms with E-state index in [1.54, 1.807) is 0 Å². The van der Waals surface area contributed by atoms with Gasteiger partial charge in [-0.25, -0.2) is 0 Å². The first-order chi connectivity index (χ1) is 9.25. The van der Waals surface area contributed by atoms with Crippen molar-refractivity contribution in [2.75, 3.05) is 0 Å². The fourth-order valence-corrected chi connectivity index (χ4v) is 3.24. The molecule has 0 atom stereocenters. The Kier molecular flexibility index (Phi) is 4.62. The van der Waals surface area contributed by atoms with E-state index in [2.05, 4.69) is 30.0 Å². The largest absolute Gasteiger partial charge is 0.335 e. The van der Waals surface area contributed by atoms with Crippen LogP contribution in [0.25, 0.3) is 0 Å². The quantitative estimate of drug-likeness (QED) is 0.750. The summed E-state index contributed by atoms with van der Waals surface area (Å²) in [6.45, 7) is 6.94. The summed E-state index contributed by atoms with van der Waals surface area (Å²) < 4.78 is 0. The molecule has 0 bridgehead atoms. The normalized spacial score (nSPS) is 18.9. The second kappa shape index (κ2) is 6.23. The Morgan fingerprint density at radius 1 is 1.16 bits per heavy atom. The van der Waals surface area contributed by atoms with Crippen LogP contribution in [0, 0.1) is 6.92 Å². The molecule has 2 heteroatoms. The van der Waals surface area contributed by atoms with Crippen LogP contribution in [0.2, 0.25) is 0 Å². The van der Waals surface area contributed by atoms with Crippen molar-refractivity contribution in [2.24, 2.45) is 0 Å². The van der Waals surface area contributed by atoms with Gasteiger partial charge in [0.1, 0.15) is 0 Å². The van der Waals surface area contributed by atoms with Crippen LogP contribution in [-0.4, -0.2) is 16.8 Å². The number of carbonyl (C=O) groups is 1. The zero-order valence-electron chi connectivity index (χ0n) is 12.4. The molecule has 2 nitrogen and oxygen atoms in total. The Hall–Kier alpha value is -1.31. The molecule has 1 aromatic rings. The number of fused-ring (bicyclic) bond motifs is 1. The molecule has 1 fully saturated rings. The van der Waals surface area contributed by atoms with Crippen LogP contribution in [0.5, 0.6) is 0 Å². The Bertz CT molecular complexity index is 447. The number of hydrogen-bond donors (Lipinski definition) is 0. The molecule has 1 saturated carbocycles. The molecule has 1 aliphatic heterocycles. The van der Waals surface area contributed by atoms with Gasteiger partial charge < -0.3 is 4.90 Å². The third kappa shape index (κ3) is 2.83. The van der Waals surface area contributed by atoms with Crippen LogP contribution >= 0.6 is 0 Å². The summed E-state index contributed by atoms with van der Waals surface area (Å²) in [7, 11) is 0. The Morgan fingerprint density at radius 2 is 1.84 bits per heavy atom. The maximum absolute atomic E-state index is 12.2. The van der Waals surface area contributed by atoms with E-state index in [0.29, 0.717) is 18.4 Å².